The van der Waals surface area contributed by atoms with Crippen LogP contribution in [0.3, 0.4) is 0 Å². The summed E-state index contributed by atoms with van der Waals surface area (Å²) in [4.78, 5) is 15.3. The predicted octanol–water partition coefficient (Wildman–Crippen LogP) is 3.92. The van der Waals surface area contributed by atoms with Crippen molar-refractivity contribution in [3.05, 3.63) is 102 Å². The number of hydrogen-bond donors (Lipinski definition) is 0. The average Bonchev–Trinajstić information content (AvgIpc) is 3.03. The van der Waals surface area contributed by atoms with Crippen molar-refractivity contribution in [2.24, 2.45) is 0 Å². The van der Waals surface area contributed by atoms with Gasteiger partial charge in [-0.05, 0) is 23.3 Å². The van der Waals surface area contributed by atoms with E-state index in [1.807, 2.05) is 91.0 Å². The third-order valence-corrected chi connectivity index (χ3v) is 4.61. The third-order valence-electron chi connectivity index (χ3n) is 4.61. The average molecular weight is 345 g/mol. The normalized spacial score (nSPS) is 18.9. The van der Waals surface area contributed by atoms with Crippen molar-refractivity contribution in [2.75, 3.05) is 12.0 Å². The number of anilines is 1. The molecule has 0 N–H and O–H groups in total. The lowest BCUT2D eigenvalue weighted by atomic mass is 9.85. The highest BCUT2D eigenvalue weighted by Crippen LogP contribution is 2.44. The minimum absolute atomic E-state index is 0.173. The summed E-state index contributed by atoms with van der Waals surface area (Å²) in [6.45, 7) is 0. The molecule has 0 saturated carbocycles. The second-order valence-electron chi connectivity index (χ2n) is 6.08. The number of rotatable bonds is 4. The van der Waals surface area contributed by atoms with Gasteiger partial charge in [0.15, 0.2) is 0 Å². The Morgan fingerprint density at radius 1 is 0.808 bits per heavy atom. The standard InChI is InChI=1S/C22H19NO3/c1-25-21-23(19-15-9-4-10-16-19)20(24)22(26-21,17-11-5-2-6-12-17)18-13-7-3-8-14-18/h2-16,21H,1H3. The van der Waals surface area contributed by atoms with E-state index in [4.69, 9.17) is 9.47 Å². The molecule has 26 heavy (non-hydrogen) atoms. The largest absolute Gasteiger partial charge is 0.338 e. The van der Waals surface area contributed by atoms with E-state index >= 15 is 0 Å². The molecule has 0 aromatic heterocycles. The molecule has 0 bridgehead atoms. The van der Waals surface area contributed by atoms with Gasteiger partial charge in [0.25, 0.3) is 5.91 Å². The quantitative estimate of drug-likeness (QED) is 0.719. The molecule has 1 saturated heterocycles. The summed E-state index contributed by atoms with van der Waals surface area (Å²) in [5.41, 5.74) is 1.03. The summed E-state index contributed by atoms with van der Waals surface area (Å²) < 4.78 is 11.8. The molecule has 130 valence electrons. The van der Waals surface area contributed by atoms with Crippen LogP contribution in [-0.2, 0) is 19.9 Å². The number of ether oxygens (including phenoxy) is 2. The molecular formula is C22H19NO3. The first-order valence-electron chi connectivity index (χ1n) is 8.48. The van der Waals surface area contributed by atoms with Crippen molar-refractivity contribution in [1.29, 1.82) is 0 Å². The number of amides is 1. The molecule has 1 aliphatic heterocycles. The van der Waals surface area contributed by atoms with E-state index in [1.54, 1.807) is 12.0 Å². The highest BCUT2D eigenvalue weighted by atomic mass is 16.7. The van der Waals surface area contributed by atoms with Gasteiger partial charge < -0.3 is 9.47 Å². The van der Waals surface area contributed by atoms with E-state index in [1.165, 1.54) is 0 Å². The Labute approximate surface area is 152 Å². The Hall–Kier alpha value is -2.95. The molecule has 0 radical (unpaired) electrons. The lowest BCUT2D eigenvalue weighted by Crippen LogP contribution is -2.40. The fraction of sp³-hybridized carbons (Fsp3) is 0.136. The fourth-order valence-corrected chi connectivity index (χ4v) is 3.40. The van der Waals surface area contributed by atoms with Crippen molar-refractivity contribution < 1.29 is 14.3 Å². The lowest BCUT2D eigenvalue weighted by molar-refractivity contribution is -0.152. The maximum atomic E-state index is 13.7. The van der Waals surface area contributed by atoms with Gasteiger partial charge in [-0.15, -0.1) is 0 Å². The Morgan fingerprint density at radius 3 is 1.73 bits per heavy atom. The molecule has 3 aromatic rings. The molecular weight excluding hydrogens is 326 g/mol. The Morgan fingerprint density at radius 2 is 1.27 bits per heavy atom. The summed E-state index contributed by atoms with van der Waals surface area (Å²) in [6.07, 6.45) is -0.815. The van der Waals surface area contributed by atoms with E-state index < -0.39 is 12.0 Å². The van der Waals surface area contributed by atoms with Gasteiger partial charge in [0, 0.05) is 12.8 Å². The number of carbonyl (C=O) groups excluding carboxylic acids is 1. The van der Waals surface area contributed by atoms with Crippen LogP contribution in [0, 0.1) is 0 Å². The summed E-state index contributed by atoms with van der Waals surface area (Å²) >= 11 is 0. The van der Waals surface area contributed by atoms with Crippen LogP contribution < -0.4 is 4.90 Å². The van der Waals surface area contributed by atoms with Gasteiger partial charge in [-0.25, -0.2) is 0 Å². The van der Waals surface area contributed by atoms with Gasteiger partial charge in [0.2, 0.25) is 12.0 Å². The zero-order chi connectivity index (χ0) is 18.0. The van der Waals surface area contributed by atoms with E-state index in [9.17, 15) is 4.79 Å². The van der Waals surface area contributed by atoms with E-state index in [-0.39, 0.29) is 5.91 Å². The monoisotopic (exact) mass is 345 g/mol. The molecule has 0 spiro atoms. The molecule has 3 aromatic carbocycles. The number of nitrogens with zero attached hydrogens (tertiary/aromatic N) is 1. The summed E-state index contributed by atoms with van der Waals surface area (Å²) in [7, 11) is 1.54. The molecule has 1 unspecified atom stereocenters. The first-order chi connectivity index (χ1) is 12.8. The summed E-state index contributed by atoms with van der Waals surface area (Å²) in [5.74, 6) is -0.173. The maximum absolute atomic E-state index is 13.7. The Kier molecular flexibility index (Phi) is 4.29. The number of methoxy groups -OCH3 is 1. The maximum Gasteiger partial charge on any atom is 0.272 e. The van der Waals surface area contributed by atoms with Gasteiger partial charge in [0.05, 0.1) is 0 Å². The second kappa shape index (κ2) is 6.75. The molecule has 1 fully saturated rings. The van der Waals surface area contributed by atoms with Gasteiger partial charge >= 0.3 is 0 Å². The molecule has 1 amide bonds. The van der Waals surface area contributed by atoms with E-state index in [0.29, 0.717) is 0 Å². The number of carbonyl (C=O) groups is 1. The van der Waals surface area contributed by atoms with Crippen LogP contribution in [-0.4, -0.2) is 19.4 Å². The summed E-state index contributed by atoms with van der Waals surface area (Å²) in [6, 6.07) is 28.5. The van der Waals surface area contributed by atoms with E-state index in [2.05, 4.69) is 0 Å². The molecule has 0 aliphatic carbocycles. The molecule has 1 atom stereocenters. The van der Waals surface area contributed by atoms with Gasteiger partial charge in [-0.3, -0.25) is 9.69 Å². The Balaban J connectivity index is 1.91. The fourth-order valence-electron chi connectivity index (χ4n) is 3.40. The molecule has 1 heterocycles. The van der Waals surface area contributed by atoms with Crippen LogP contribution in [0.2, 0.25) is 0 Å². The highest BCUT2D eigenvalue weighted by Gasteiger charge is 2.56. The number of benzene rings is 3. The van der Waals surface area contributed by atoms with Gasteiger partial charge in [0.1, 0.15) is 0 Å². The first kappa shape index (κ1) is 16.5. The van der Waals surface area contributed by atoms with E-state index in [0.717, 1.165) is 16.8 Å². The zero-order valence-electron chi connectivity index (χ0n) is 14.4. The van der Waals surface area contributed by atoms with Crippen molar-refractivity contribution in [1.82, 2.24) is 0 Å². The van der Waals surface area contributed by atoms with Crippen molar-refractivity contribution in [3.63, 3.8) is 0 Å². The van der Waals surface area contributed by atoms with Crippen LogP contribution in [0.5, 0.6) is 0 Å². The van der Waals surface area contributed by atoms with Gasteiger partial charge in [-0.2, -0.15) is 0 Å². The second-order valence-corrected chi connectivity index (χ2v) is 6.08. The number of para-hydroxylation sites is 1. The SMILES string of the molecule is COC1OC(c2ccccc2)(c2ccccc2)C(=O)N1c1ccccc1. The van der Waals surface area contributed by atoms with Crippen LogP contribution in [0.15, 0.2) is 91.0 Å². The van der Waals surface area contributed by atoms with Crippen LogP contribution >= 0.6 is 0 Å². The van der Waals surface area contributed by atoms with Crippen LogP contribution in [0.1, 0.15) is 11.1 Å². The van der Waals surface area contributed by atoms with Crippen molar-refractivity contribution in [2.45, 2.75) is 12.0 Å². The van der Waals surface area contributed by atoms with Crippen LogP contribution in [0.25, 0.3) is 0 Å². The highest BCUT2D eigenvalue weighted by molar-refractivity contribution is 6.04. The summed E-state index contributed by atoms with van der Waals surface area (Å²) in [5, 5.41) is 0. The van der Waals surface area contributed by atoms with Crippen molar-refractivity contribution >= 4 is 11.6 Å². The minimum atomic E-state index is -1.25. The Bertz CT molecular complexity index is 842. The molecule has 4 heteroatoms. The topological polar surface area (TPSA) is 38.8 Å². The smallest absolute Gasteiger partial charge is 0.272 e. The molecule has 1 aliphatic rings. The van der Waals surface area contributed by atoms with Crippen LogP contribution in [0.4, 0.5) is 5.69 Å². The minimum Gasteiger partial charge on any atom is -0.338 e. The number of hydrogen-bond acceptors (Lipinski definition) is 3. The first-order valence-corrected chi connectivity index (χ1v) is 8.48. The zero-order valence-corrected chi connectivity index (χ0v) is 14.4. The third kappa shape index (κ3) is 2.51. The molecule has 4 nitrogen and oxygen atoms in total. The van der Waals surface area contributed by atoms with Crippen molar-refractivity contribution in [3.8, 4) is 0 Å². The lowest BCUT2D eigenvalue weighted by Gasteiger charge is -2.27. The van der Waals surface area contributed by atoms with Gasteiger partial charge in [-0.1, -0.05) is 78.9 Å². The molecule has 4 rings (SSSR count). The predicted molar refractivity (Wildman–Crippen MR) is 99.5 cm³/mol.